The fourth-order valence-electron chi connectivity index (χ4n) is 6.26. The Morgan fingerprint density at radius 3 is 1.56 bits per heavy atom. The van der Waals surface area contributed by atoms with Crippen LogP contribution in [0.25, 0.3) is 11.1 Å². The van der Waals surface area contributed by atoms with Crippen LogP contribution in [0.2, 0.25) is 0 Å². The van der Waals surface area contributed by atoms with E-state index in [9.17, 15) is 0 Å². The monoisotopic (exact) mass is 645 g/mol. The van der Waals surface area contributed by atoms with E-state index in [1.807, 2.05) is 0 Å². The second-order valence-corrected chi connectivity index (χ2v) is 12.4. The van der Waals surface area contributed by atoms with Crippen LogP contribution >= 0.6 is 31.9 Å². The molecular weight excluding hydrogens is 610 g/mol. The molecule has 5 rings (SSSR count). The summed E-state index contributed by atoms with van der Waals surface area (Å²) in [6, 6.07) is 30.9. The number of fused-ring (bicyclic) bond motifs is 1. The number of aryl methyl sites for hydroxylation is 1. The van der Waals surface area contributed by atoms with Crippen LogP contribution in [-0.4, -0.2) is 0 Å². The number of anilines is 3. The Morgan fingerprint density at radius 1 is 0.590 bits per heavy atom. The predicted molar refractivity (Wildman–Crippen MR) is 172 cm³/mol. The van der Waals surface area contributed by atoms with Crippen LogP contribution in [0.3, 0.4) is 0 Å². The molecule has 0 fully saturated rings. The molecule has 0 aromatic heterocycles. The molecule has 4 aromatic carbocycles. The lowest BCUT2D eigenvalue weighted by atomic mass is 9.81. The van der Waals surface area contributed by atoms with Gasteiger partial charge in [-0.25, -0.2) is 0 Å². The zero-order chi connectivity index (χ0) is 27.8. The van der Waals surface area contributed by atoms with Gasteiger partial charge < -0.3 is 9.64 Å². The smallest absolute Gasteiger partial charge is 0.0942 e. The SMILES string of the molecule is CCC1(CC)OC(CC)(CC)c2cc(-c3ccc(N(c4ccc(Br)cc4)c4ccc(Br)cc4)cc3C)ccc21. The third-order valence-corrected chi connectivity index (χ3v) is 9.68. The van der Waals surface area contributed by atoms with Crippen molar-refractivity contribution in [2.75, 3.05) is 4.90 Å². The van der Waals surface area contributed by atoms with Crippen LogP contribution in [0.1, 0.15) is 70.1 Å². The largest absolute Gasteiger partial charge is 0.359 e. The molecule has 0 aliphatic carbocycles. The van der Waals surface area contributed by atoms with E-state index >= 15 is 0 Å². The third-order valence-electron chi connectivity index (χ3n) is 8.63. The Balaban J connectivity index is 1.59. The van der Waals surface area contributed by atoms with Gasteiger partial charge >= 0.3 is 0 Å². The van der Waals surface area contributed by atoms with Gasteiger partial charge in [0.25, 0.3) is 0 Å². The molecule has 0 saturated carbocycles. The second kappa shape index (κ2) is 11.2. The van der Waals surface area contributed by atoms with Gasteiger partial charge in [-0.15, -0.1) is 0 Å². The molecular formula is C35H37Br2NO. The summed E-state index contributed by atoms with van der Waals surface area (Å²) in [6.07, 6.45) is 3.95. The molecule has 1 heterocycles. The molecule has 2 nitrogen and oxygen atoms in total. The molecule has 0 spiro atoms. The summed E-state index contributed by atoms with van der Waals surface area (Å²) in [5, 5.41) is 0. The molecule has 4 aromatic rings. The van der Waals surface area contributed by atoms with E-state index in [-0.39, 0.29) is 11.2 Å². The summed E-state index contributed by atoms with van der Waals surface area (Å²) in [5.74, 6) is 0. The first kappa shape index (κ1) is 28.1. The maximum absolute atomic E-state index is 6.98. The van der Waals surface area contributed by atoms with Gasteiger partial charge in [-0.1, -0.05) is 77.8 Å². The predicted octanol–water partition coefficient (Wildman–Crippen LogP) is 11.7. The maximum Gasteiger partial charge on any atom is 0.0942 e. The quantitative estimate of drug-likeness (QED) is 0.189. The fourth-order valence-corrected chi connectivity index (χ4v) is 6.79. The number of hydrogen-bond acceptors (Lipinski definition) is 2. The molecule has 0 atom stereocenters. The number of benzene rings is 4. The zero-order valence-electron chi connectivity index (χ0n) is 23.5. The van der Waals surface area contributed by atoms with E-state index < -0.39 is 0 Å². The van der Waals surface area contributed by atoms with Gasteiger partial charge in [0.05, 0.1) is 11.2 Å². The summed E-state index contributed by atoms with van der Waals surface area (Å²) >= 11 is 7.17. The number of halogens is 2. The summed E-state index contributed by atoms with van der Waals surface area (Å²) in [6.45, 7) is 11.3. The maximum atomic E-state index is 6.98. The lowest BCUT2D eigenvalue weighted by Crippen LogP contribution is -2.31. The Labute approximate surface area is 250 Å². The Kier molecular flexibility index (Phi) is 8.10. The van der Waals surface area contributed by atoms with E-state index in [2.05, 4.69) is 156 Å². The first-order valence-corrected chi connectivity index (χ1v) is 15.7. The highest BCUT2D eigenvalue weighted by molar-refractivity contribution is 9.10. The number of ether oxygens (including phenoxy) is 1. The minimum atomic E-state index is -0.217. The number of nitrogens with zero attached hydrogens (tertiary/aromatic N) is 1. The van der Waals surface area contributed by atoms with Gasteiger partial charge in [0.1, 0.15) is 0 Å². The molecule has 0 saturated heterocycles. The zero-order valence-corrected chi connectivity index (χ0v) is 26.7. The highest BCUT2D eigenvalue weighted by Crippen LogP contribution is 2.54. The molecule has 0 radical (unpaired) electrons. The summed E-state index contributed by atoms with van der Waals surface area (Å²) in [5.41, 5.74) is 9.50. The normalized spacial score (nSPS) is 15.3. The first-order chi connectivity index (χ1) is 18.8. The van der Waals surface area contributed by atoms with Gasteiger partial charge in [0, 0.05) is 26.0 Å². The average molecular weight is 647 g/mol. The molecule has 4 heteroatoms. The van der Waals surface area contributed by atoms with Crippen LogP contribution in [0.4, 0.5) is 17.1 Å². The molecule has 1 aliphatic heterocycles. The van der Waals surface area contributed by atoms with Crippen molar-refractivity contribution < 1.29 is 4.74 Å². The van der Waals surface area contributed by atoms with Crippen LogP contribution in [0.5, 0.6) is 0 Å². The van der Waals surface area contributed by atoms with Gasteiger partial charge in [-0.05, 0) is 127 Å². The minimum absolute atomic E-state index is 0.186. The minimum Gasteiger partial charge on any atom is -0.359 e. The second-order valence-electron chi connectivity index (χ2n) is 10.6. The van der Waals surface area contributed by atoms with E-state index in [1.54, 1.807) is 0 Å². The number of hydrogen-bond donors (Lipinski definition) is 0. The standard InChI is InChI=1S/C35H37Br2NO/c1-6-34(7-2)32-21-10-25(23-33(32)35(8-3,9-4)39-34)31-20-19-30(22-24(31)5)38(28-15-11-26(36)12-16-28)29-17-13-27(37)14-18-29/h10-23H,6-9H2,1-5H3. The van der Waals surface area contributed by atoms with Gasteiger partial charge in [0.15, 0.2) is 0 Å². The molecule has 39 heavy (non-hydrogen) atoms. The van der Waals surface area contributed by atoms with Crippen molar-refractivity contribution in [3.63, 3.8) is 0 Å². The highest BCUT2D eigenvalue weighted by Gasteiger charge is 2.49. The lowest BCUT2D eigenvalue weighted by Gasteiger charge is -2.34. The summed E-state index contributed by atoms with van der Waals surface area (Å²) in [7, 11) is 0. The molecule has 202 valence electrons. The van der Waals surface area contributed by atoms with E-state index in [1.165, 1.54) is 27.8 Å². The van der Waals surface area contributed by atoms with E-state index in [0.717, 1.165) is 51.7 Å². The molecule has 0 N–H and O–H groups in total. The fraction of sp³-hybridized carbons (Fsp3) is 0.314. The van der Waals surface area contributed by atoms with Crippen molar-refractivity contribution in [2.45, 2.75) is 71.5 Å². The molecule has 0 unspecified atom stereocenters. The Bertz CT molecular complexity index is 1410. The van der Waals surface area contributed by atoms with Crippen molar-refractivity contribution in [1.82, 2.24) is 0 Å². The van der Waals surface area contributed by atoms with Crippen LogP contribution in [0, 0.1) is 6.92 Å². The van der Waals surface area contributed by atoms with Crippen molar-refractivity contribution in [3.8, 4) is 11.1 Å². The summed E-state index contributed by atoms with van der Waals surface area (Å²) in [4.78, 5) is 2.31. The number of rotatable bonds is 8. The van der Waals surface area contributed by atoms with Crippen molar-refractivity contribution >= 4 is 48.9 Å². The van der Waals surface area contributed by atoms with Crippen LogP contribution < -0.4 is 4.90 Å². The van der Waals surface area contributed by atoms with Crippen LogP contribution in [0.15, 0.2) is 93.9 Å². The van der Waals surface area contributed by atoms with Crippen molar-refractivity contribution in [1.29, 1.82) is 0 Å². The lowest BCUT2D eigenvalue weighted by molar-refractivity contribution is -0.151. The third kappa shape index (κ3) is 5.01. The Hall–Kier alpha value is -2.40. The van der Waals surface area contributed by atoms with Crippen LogP contribution in [-0.2, 0) is 15.9 Å². The average Bonchev–Trinajstić information content (AvgIpc) is 3.25. The van der Waals surface area contributed by atoms with Gasteiger partial charge in [-0.3, -0.25) is 0 Å². The van der Waals surface area contributed by atoms with E-state index in [0.29, 0.717) is 0 Å². The molecule has 0 bridgehead atoms. The van der Waals surface area contributed by atoms with Crippen molar-refractivity contribution in [3.05, 3.63) is 111 Å². The molecule has 1 aliphatic rings. The topological polar surface area (TPSA) is 12.5 Å². The first-order valence-electron chi connectivity index (χ1n) is 14.1. The highest BCUT2D eigenvalue weighted by atomic mass is 79.9. The van der Waals surface area contributed by atoms with E-state index in [4.69, 9.17) is 4.74 Å². The van der Waals surface area contributed by atoms with Crippen molar-refractivity contribution in [2.24, 2.45) is 0 Å². The molecule has 0 amide bonds. The Morgan fingerprint density at radius 2 is 1.08 bits per heavy atom. The van der Waals surface area contributed by atoms with Gasteiger partial charge in [0.2, 0.25) is 0 Å². The van der Waals surface area contributed by atoms with Gasteiger partial charge in [-0.2, -0.15) is 0 Å². The summed E-state index contributed by atoms with van der Waals surface area (Å²) < 4.78 is 9.11.